The number of hydrogen-bond donors (Lipinski definition) is 1. The van der Waals surface area contributed by atoms with E-state index in [4.69, 9.17) is 0 Å². The fraction of sp³-hybridized carbons (Fsp3) is 1.00. The van der Waals surface area contributed by atoms with E-state index in [1.54, 1.807) is 0 Å². The highest BCUT2D eigenvalue weighted by Gasteiger charge is 1.98. The van der Waals surface area contributed by atoms with Gasteiger partial charge >= 0.3 is 0 Å². The second-order valence-electron chi connectivity index (χ2n) is 2.87. The molecule has 1 unspecified atom stereocenters. The van der Waals surface area contributed by atoms with E-state index >= 15 is 0 Å². The van der Waals surface area contributed by atoms with Gasteiger partial charge in [0.2, 0.25) is 0 Å². The summed E-state index contributed by atoms with van der Waals surface area (Å²) in [6.07, 6.45) is 1.24. The molecule has 0 aliphatic heterocycles. The van der Waals surface area contributed by atoms with Crippen LogP contribution in [0.25, 0.3) is 0 Å². The zero-order valence-electron chi connectivity index (χ0n) is 11.6. The van der Waals surface area contributed by atoms with Crippen LogP contribution < -0.4 is 5.32 Å². The predicted molar refractivity (Wildman–Crippen MR) is 69.0 cm³/mol. The highest BCUT2D eigenvalue weighted by molar-refractivity contribution is 4.59. The molecule has 0 heterocycles. The van der Waals surface area contributed by atoms with Gasteiger partial charge in [-0.3, -0.25) is 0 Å². The molecule has 0 spiro atoms. The summed E-state index contributed by atoms with van der Waals surface area (Å²) in [7, 11) is 4.17. The second kappa shape index (κ2) is 18.7. The van der Waals surface area contributed by atoms with E-state index in [2.05, 4.69) is 31.1 Å². The Morgan fingerprint density at radius 2 is 1.57 bits per heavy atom. The smallest absolute Gasteiger partial charge is 0.00478 e. The SMILES string of the molecule is CC.CC.CCN(C)CCC(C)NC. The minimum Gasteiger partial charge on any atom is -0.317 e. The summed E-state index contributed by atoms with van der Waals surface area (Å²) >= 11 is 0. The van der Waals surface area contributed by atoms with E-state index < -0.39 is 0 Å². The number of nitrogens with zero attached hydrogens (tertiary/aromatic N) is 1. The topological polar surface area (TPSA) is 15.3 Å². The average molecular weight is 204 g/mol. The van der Waals surface area contributed by atoms with Crippen LogP contribution in [0, 0.1) is 0 Å². The van der Waals surface area contributed by atoms with Gasteiger partial charge in [-0.15, -0.1) is 0 Å². The summed E-state index contributed by atoms with van der Waals surface area (Å²) in [5, 5.41) is 3.22. The lowest BCUT2D eigenvalue weighted by atomic mass is 10.2. The minimum atomic E-state index is 0.647. The van der Waals surface area contributed by atoms with Crippen molar-refractivity contribution in [1.29, 1.82) is 0 Å². The third-order valence-electron chi connectivity index (χ3n) is 1.98. The normalized spacial score (nSPS) is 10.9. The monoisotopic (exact) mass is 204 g/mol. The maximum atomic E-state index is 3.22. The zero-order valence-corrected chi connectivity index (χ0v) is 11.6. The first kappa shape index (κ1) is 19.5. The number of hydrogen-bond acceptors (Lipinski definition) is 2. The fourth-order valence-corrected chi connectivity index (χ4v) is 0.716. The Kier molecular flexibility index (Phi) is 26.0. The van der Waals surface area contributed by atoms with E-state index in [1.807, 2.05) is 34.7 Å². The van der Waals surface area contributed by atoms with E-state index in [0.29, 0.717) is 6.04 Å². The van der Waals surface area contributed by atoms with Crippen LogP contribution in [0.2, 0.25) is 0 Å². The average Bonchev–Trinajstić information content (AvgIpc) is 2.30. The fourth-order valence-electron chi connectivity index (χ4n) is 0.716. The van der Waals surface area contributed by atoms with Crippen LogP contribution in [0.4, 0.5) is 0 Å². The summed E-state index contributed by atoms with van der Waals surface area (Å²) < 4.78 is 0. The zero-order chi connectivity index (χ0) is 12.0. The first-order valence-electron chi connectivity index (χ1n) is 6.06. The van der Waals surface area contributed by atoms with Crippen molar-refractivity contribution in [3.05, 3.63) is 0 Å². The van der Waals surface area contributed by atoms with Gasteiger partial charge in [0.25, 0.3) is 0 Å². The molecular weight excluding hydrogens is 172 g/mol. The molecule has 1 atom stereocenters. The van der Waals surface area contributed by atoms with Crippen LogP contribution in [0.1, 0.15) is 48.0 Å². The van der Waals surface area contributed by atoms with Crippen molar-refractivity contribution < 1.29 is 0 Å². The lowest BCUT2D eigenvalue weighted by molar-refractivity contribution is 0.329. The van der Waals surface area contributed by atoms with Crippen molar-refractivity contribution >= 4 is 0 Å². The van der Waals surface area contributed by atoms with Gasteiger partial charge in [-0.2, -0.15) is 0 Å². The molecule has 0 aromatic carbocycles. The van der Waals surface area contributed by atoms with Crippen LogP contribution in [0.5, 0.6) is 0 Å². The van der Waals surface area contributed by atoms with Gasteiger partial charge in [0.15, 0.2) is 0 Å². The van der Waals surface area contributed by atoms with Gasteiger partial charge in [0.1, 0.15) is 0 Å². The Hall–Kier alpha value is -0.0800. The summed E-state index contributed by atoms with van der Waals surface area (Å²) in [4.78, 5) is 2.33. The van der Waals surface area contributed by atoms with Crippen LogP contribution in [-0.4, -0.2) is 38.1 Å². The molecule has 14 heavy (non-hydrogen) atoms. The maximum absolute atomic E-state index is 3.22. The molecule has 0 aromatic rings. The number of nitrogens with one attached hydrogen (secondary N) is 1. The molecule has 2 heteroatoms. The van der Waals surface area contributed by atoms with E-state index in [-0.39, 0.29) is 0 Å². The Labute approximate surface area is 92.1 Å². The minimum absolute atomic E-state index is 0.647. The van der Waals surface area contributed by atoms with Gasteiger partial charge in [0, 0.05) is 6.04 Å². The van der Waals surface area contributed by atoms with E-state index in [1.165, 1.54) is 13.0 Å². The Bertz CT molecular complexity index is 64.7. The van der Waals surface area contributed by atoms with Crippen LogP contribution in [0.15, 0.2) is 0 Å². The predicted octanol–water partition coefficient (Wildman–Crippen LogP) is 2.99. The summed E-state index contributed by atoms with van der Waals surface area (Å²) in [5.74, 6) is 0. The Morgan fingerprint density at radius 1 is 1.14 bits per heavy atom. The first-order chi connectivity index (χ1) is 6.70. The van der Waals surface area contributed by atoms with Crippen molar-refractivity contribution in [1.82, 2.24) is 10.2 Å². The van der Waals surface area contributed by atoms with Gasteiger partial charge in [-0.1, -0.05) is 34.6 Å². The lowest BCUT2D eigenvalue weighted by Gasteiger charge is -2.16. The summed E-state index contributed by atoms with van der Waals surface area (Å²) in [5.41, 5.74) is 0. The van der Waals surface area contributed by atoms with Crippen LogP contribution >= 0.6 is 0 Å². The molecule has 0 rings (SSSR count). The molecular formula is C12H32N2. The van der Waals surface area contributed by atoms with Crippen LogP contribution in [-0.2, 0) is 0 Å². The van der Waals surface area contributed by atoms with Gasteiger partial charge in [0.05, 0.1) is 0 Å². The maximum Gasteiger partial charge on any atom is 0.00478 e. The molecule has 0 aliphatic carbocycles. The molecule has 0 radical (unpaired) electrons. The first-order valence-corrected chi connectivity index (χ1v) is 6.06. The van der Waals surface area contributed by atoms with E-state index in [9.17, 15) is 0 Å². The van der Waals surface area contributed by atoms with Gasteiger partial charge in [-0.25, -0.2) is 0 Å². The molecule has 0 aliphatic rings. The molecule has 0 amide bonds. The molecule has 0 fully saturated rings. The molecule has 0 aromatic heterocycles. The largest absolute Gasteiger partial charge is 0.317 e. The summed E-state index contributed by atoms with van der Waals surface area (Å²) in [6, 6.07) is 0.647. The van der Waals surface area contributed by atoms with Crippen molar-refractivity contribution in [3.8, 4) is 0 Å². The molecule has 90 valence electrons. The summed E-state index contributed by atoms with van der Waals surface area (Å²) in [6.45, 7) is 14.7. The van der Waals surface area contributed by atoms with Crippen LogP contribution in [0.3, 0.4) is 0 Å². The third-order valence-corrected chi connectivity index (χ3v) is 1.98. The Morgan fingerprint density at radius 3 is 1.86 bits per heavy atom. The van der Waals surface area contributed by atoms with Crippen molar-refractivity contribution in [2.75, 3.05) is 27.2 Å². The number of rotatable bonds is 5. The second-order valence-corrected chi connectivity index (χ2v) is 2.87. The van der Waals surface area contributed by atoms with Gasteiger partial charge < -0.3 is 10.2 Å². The molecule has 0 saturated carbocycles. The highest BCUT2D eigenvalue weighted by Crippen LogP contribution is 1.91. The molecule has 0 bridgehead atoms. The van der Waals surface area contributed by atoms with Crippen molar-refractivity contribution in [2.45, 2.75) is 54.0 Å². The lowest BCUT2D eigenvalue weighted by Crippen LogP contribution is -2.28. The van der Waals surface area contributed by atoms with Crippen molar-refractivity contribution in [3.63, 3.8) is 0 Å². The molecule has 1 N–H and O–H groups in total. The highest BCUT2D eigenvalue weighted by atomic mass is 15.1. The third kappa shape index (κ3) is 17.9. The quantitative estimate of drug-likeness (QED) is 0.740. The Balaban J connectivity index is -0.000000266. The van der Waals surface area contributed by atoms with Gasteiger partial charge in [-0.05, 0) is 40.5 Å². The van der Waals surface area contributed by atoms with Crippen molar-refractivity contribution in [2.24, 2.45) is 0 Å². The molecule has 0 saturated heterocycles. The molecule has 2 nitrogen and oxygen atoms in total. The van der Waals surface area contributed by atoms with E-state index in [0.717, 1.165) is 6.54 Å². The standard InChI is InChI=1S/C8H20N2.2C2H6/c1-5-10(4)7-6-8(2)9-3;2*1-2/h8-9H,5-7H2,1-4H3;2*1-2H3.